The normalized spacial score (nSPS) is 20.0. The lowest BCUT2D eigenvalue weighted by Gasteiger charge is -2.32. The van der Waals surface area contributed by atoms with Crippen LogP contribution < -0.4 is 10.1 Å². The molecule has 0 aromatic heterocycles. The second-order valence-corrected chi connectivity index (χ2v) is 5.83. The number of rotatable bonds is 7. The predicted molar refractivity (Wildman–Crippen MR) is 84.4 cm³/mol. The summed E-state index contributed by atoms with van der Waals surface area (Å²) in [6.45, 7) is 6.10. The molecule has 1 aromatic rings. The van der Waals surface area contributed by atoms with E-state index in [1.807, 2.05) is 12.1 Å². The summed E-state index contributed by atoms with van der Waals surface area (Å²) >= 11 is 0. The standard InChI is InChI=1S/C17H28N2O/c1-15-6-5-8-17(14-15)20-13-11-18-10-9-16-7-3-4-12-19(16)2/h5-6,8,14,16,18H,3-4,7,9-13H2,1-2H3. The highest BCUT2D eigenvalue weighted by Gasteiger charge is 2.17. The quantitative estimate of drug-likeness (QED) is 0.775. The number of ether oxygens (including phenoxy) is 1. The molecule has 1 aliphatic heterocycles. The number of nitrogens with zero attached hydrogens (tertiary/aromatic N) is 1. The third-order valence-corrected chi connectivity index (χ3v) is 4.11. The minimum atomic E-state index is 0.740. The Morgan fingerprint density at radius 1 is 1.30 bits per heavy atom. The van der Waals surface area contributed by atoms with Crippen LogP contribution in [0.3, 0.4) is 0 Å². The Balaban J connectivity index is 1.53. The SMILES string of the molecule is Cc1cccc(OCCNCCC2CCCCN2C)c1. The minimum absolute atomic E-state index is 0.740. The first-order valence-electron chi connectivity index (χ1n) is 7.86. The number of hydrogen-bond acceptors (Lipinski definition) is 3. The fourth-order valence-corrected chi connectivity index (χ4v) is 2.85. The Morgan fingerprint density at radius 3 is 3.00 bits per heavy atom. The Hall–Kier alpha value is -1.06. The van der Waals surface area contributed by atoms with E-state index in [4.69, 9.17) is 4.74 Å². The maximum Gasteiger partial charge on any atom is 0.119 e. The fraction of sp³-hybridized carbons (Fsp3) is 0.647. The Bertz CT molecular complexity index is 394. The lowest BCUT2D eigenvalue weighted by molar-refractivity contribution is 0.175. The van der Waals surface area contributed by atoms with Crippen molar-refractivity contribution in [2.24, 2.45) is 0 Å². The fourth-order valence-electron chi connectivity index (χ4n) is 2.85. The van der Waals surface area contributed by atoms with Crippen molar-refractivity contribution < 1.29 is 4.74 Å². The summed E-state index contributed by atoms with van der Waals surface area (Å²) in [5, 5.41) is 3.49. The van der Waals surface area contributed by atoms with Gasteiger partial charge in [0.25, 0.3) is 0 Å². The van der Waals surface area contributed by atoms with Crippen LogP contribution in [0.15, 0.2) is 24.3 Å². The molecule has 1 fully saturated rings. The van der Waals surface area contributed by atoms with Gasteiger partial charge in [0.2, 0.25) is 0 Å². The van der Waals surface area contributed by atoms with Crippen LogP contribution in [0.4, 0.5) is 0 Å². The van der Waals surface area contributed by atoms with Crippen LogP contribution in [-0.2, 0) is 0 Å². The van der Waals surface area contributed by atoms with Crippen LogP contribution in [0.1, 0.15) is 31.2 Å². The van der Waals surface area contributed by atoms with Gasteiger partial charge in [-0.2, -0.15) is 0 Å². The molecular weight excluding hydrogens is 248 g/mol. The van der Waals surface area contributed by atoms with Gasteiger partial charge in [0, 0.05) is 12.6 Å². The number of nitrogens with one attached hydrogen (secondary N) is 1. The Morgan fingerprint density at radius 2 is 2.20 bits per heavy atom. The van der Waals surface area contributed by atoms with E-state index < -0.39 is 0 Å². The zero-order valence-corrected chi connectivity index (χ0v) is 12.9. The maximum atomic E-state index is 5.73. The molecule has 0 spiro atoms. The Kier molecular flexibility index (Phi) is 6.34. The summed E-state index contributed by atoms with van der Waals surface area (Å²) in [5.74, 6) is 0.971. The van der Waals surface area contributed by atoms with E-state index in [9.17, 15) is 0 Å². The third kappa shape index (κ3) is 5.14. The molecule has 20 heavy (non-hydrogen) atoms. The molecule has 0 radical (unpaired) electrons. The van der Waals surface area contributed by atoms with Gasteiger partial charge in [0.1, 0.15) is 12.4 Å². The number of piperidine rings is 1. The molecule has 1 heterocycles. The molecule has 1 saturated heterocycles. The molecule has 1 atom stereocenters. The van der Waals surface area contributed by atoms with Gasteiger partial charge in [-0.15, -0.1) is 0 Å². The van der Waals surface area contributed by atoms with E-state index in [2.05, 4.69) is 36.3 Å². The highest BCUT2D eigenvalue weighted by atomic mass is 16.5. The predicted octanol–water partition coefficient (Wildman–Crippen LogP) is 2.84. The average molecular weight is 276 g/mol. The van der Waals surface area contributed by atoms with Gasteiger partial charge in [0.05, 0.1) is 0 Å². The van der Waals surface area contributed by atoms with Gasteiger partial charge in [-0.3, -0.25) is 0 Å². The summed E-state index contributed by atoms with van der Waals surface area (Å²) in [6.07, 6.45) is 5.37. The summed E-state index contributed by atoms with van der Waals surface area (Å²) in [6, 6.07) is 9.00. The second-order valence-electron chi connectivity index (χ2n) is 5.83. The lowest BCUT2D eigenvalue weighted by Crippen LogP contribution is -2.38. The van der Waals surface area contributed by atoms with Crippen molar-refractivity contribution in [2.45, 2.75) is 38.6 Å². The molecule has 2 rings (SSSR count). The molecule has 0 bridgehead atoms. The average Bonchev–Trinajstić information content (AvgIpc) is 2.44. The van der Waals surface area contributed by atoms with Crippen LogP contribution in [-0.4, -0.2) is 44.2 Å². The van der Waals surface area contributed by atoms with E-state index in [0.29, 0.717) is 0 Å². The molecule has 1 aromatic carbocycles. The van der Waals surface area contributed by atoms with Crippen molar-refractivity contribution >= 4 is 0 Å². The van der Waals surface area contributed by atoms with Crippen molar-refractivity contribution in [1.82, 2.24) is 10.2 Å². The van der Waals surface area contributed by atoms with Crippen LogP contribution in [0.25, 0.3) is 0 Å². The molecule has 3 nitrogen and oxygen atoms in total. The first-order chi connectivity index (χ1) is 9.75. The molecule has 112 valence electrons. The number of aryl methyl sites for hydroxylation is 1. The molecule has 1 unspecified atom stereocenters. The van der Waals surface area contributed by atoms with Gasteiger partial charge >= 0.3 is 0 Å². The summed E-state index contributed by atoms with van der Waals surface area (Å²) in [5.41, 5.74) is 1.25. The molecule has 3 heteroatoms. The van der Waals surface area contributed by atoms with Gasteiger partial charge in [-0.1, -0.05) is 18.6 Å². The van der Waals surface area contributed by atoms with Gasteiger partial charge in [-0.25, -0.2) is 0 Å². The van der Waals surface area contributed by atoms with Gasteiger partial charge in [-0.05, 0) is 64.0 Å². The van der Waals surface area contributed by atoms with Gasteiger partial charge < -0.3 is 15.0 Å². The molecule has 0 saturated carbocycles. The third-order valence-electron chi connectivity index (χ3n) is 4.11. The van der Waals surface area contributed by atoms with Crippen molar-refractivity contribution in [1.29, 1.82) is 0 Å². The summed E-state index contributed by atoms with van der Waals surface area (Å²) in [7, 11) is 2.25. The number of hydrogen-bond donors (Lipinski definition) is 1. The zero-order valence-electron chi connectivity index (χ0n) is 12.9. The van der Waals surface area contributed by atoms with E-state index in [1.54, 1.807) is 0 Å². The van der Waals surface area contributed by atoms with Crippen molar-refractivity contribution in [3.05, 3.63) is 29.8 Å². The highest BCUT2D eigenvalue weighted by Crippen LogP contribution is 2.17. The largest absolute Gasteiger partial charge is 0.492 e. The maximum absolute atomic E-state index is 5.73. The van der Waals surface area contributed by atoms with Gasteiger partial charge in [0.15, 0.2) is 0 Å². The van der Waals surface area contributed by atoms with E-state index >= 15 is 0 Å². The number of benzene rings is 1. The van der Waals surface area contributed by atoms with Crippen LogP contribution in [0.5, 0.6) is 5.75 Å². The van der Waals surface area contributed by atoms with Crippen LogP contribution in [0.2, 0.25) is 0 Å². The van der Waals surface area contributed by atoms with Crippen LogP contribution in [0, 0.1) is 6.92 Å². The molecular formula is C17H28N2O. The Labute approximate surface area is 123 Å². The first kappa shape index (κ1) is 15.3. The molecule has 0 amide bonds. The summed E-state index contributed by atoms with van der Waals surface area (Å²) < 4.78 is 5.73. The minimum Gasteiger partial charge on any atom is -0.492 e. The highest BCUT2D eigenvalue weighted by molar-refractivity contribution is 5.27. The first-order valence-corrected chi connectivity index (χ1v) is 7.86. The van der Waals surface area contributed by atoms with E-state index in [0.717, 1.165) is 31.5 Å². The van der Waals surface area contributed by atoms with Crippen molar-refractivity contribution in [2.75, 3.05) is 33.3 Å². The van der Waals surface area contributed by atoms with E-state index in [1.165, 1.54) is 37.8 Å². The molecule has 1 N–H and O–H groups in total. The topological polar surface area (TPSA) is 24.5 Å². The van der Waals surface area contributed by atoms with Crippen molar-refractivity contribution in [3.8, 4) is 5.75 Å². The lowest BCUT2D eigenvalue weighted by atomic mass is 10.0. The molecule has 1 aliphatic rings. The molecule has 0 aliphatic carbocycles. The van der Waals surface area contributed by atoms with Crippen LogP contribution >= 0.6 is 0 Å². The second kappa shape index (κ2) is 8.28. The number of likely N-dealkylation sites (tertiary alicyclic amines) is 1. The monoisotopic (exact) mass is 276 g/mol. The van der Waals surface area contributed by atoms with E-state index in [-0.39, 0.29) is 0 Å². The summed E-state index contributed by atoms with van der Waals surface area (Å²) in [4.78, 5) is 2.51. The smallest absolute Gasteiger partial charge is 0.119 e. The zero-order chi connectivity index (χ0) is 14.2. The van der Waals surface area contributed by atoms with Crippen molar-refractivity contribution in [3.63, 3.8) is 0 Å².